The summed E-state index contributed by atoms with van der Waals surface area (Å²) in [4.78, 5) is 23.5. The molecule has 5 nitrogen and oxygen atoms in total. The maximum absolute atomic E-state index is 12.0. The Morgan fingerprint density at radius 1 is 1.08 bits per heavy atom. The Bertz CT molecular complexity index is 748. The van der Waals surface area contributed by atoms with Crippen molar-refractivity contribution in [3.8, 4) is 0 Å². The van der Waals surface area contributed by atoms with E-state index in [1.54, 1.807) is 49.4 Å². The number of benzene rings is 2. The molecule has 0 heterocycles. The molecule has 2 N–H and O–H groups in total. The molecule has 0 aromatic heterocycles. The van der Waals surface area contributed by atoms with E-state index in [4.69, 9.17) is 27.9 Å². The number of carbonyl (C=O) groups is 2. The minimum Gasteiger partial charge on any atom is -0.462 e. The van der Waals surface area contributed by atoms with Gasteiger partial charge in [-0.2, -0.15) is 0 Å². The Labute approximate surface area is 156 Å². The molecule has 0 unspecified atom stereocenters. The molecular formula is C18H18Cl2N2O3. The molecule has 0 bridgehead atoms. The fourth-order valence-electron chi connectivity index (χ4n) is 2.08. The van der Waals surface area contributed by atoms with E-state index >= 15 is 0 Å². The van der Waals surface area contributed by atoms with Crippen molar-refractivity contribution in [2.24, 2.45) is 0 Å². The monoisotopic (exact) mass is 380 g/mol. The van der Waals surface area contributed by atoms with Gasteiger partial charge in [0.25, 0.3) is 0 Å². The summed E-state index contributed by atoms with van der Waals surface area (Å²) in [6, 6.07) is 11.8. The Morgan fingerprint density at radius 2 is 1.80 bits per heavy atom. The van der Waals surface area contributed by atoms with Gasteiger partial charge in [0.05, 0.1) is 27.9 Å². The minimum atomic E-state index is -0.386. The van der Waals surface area contributed by atoms with Crippen LogP contribution in [0.5, 0.6) is 0 Å². The highest BCUT2D eigenvalue weighted by molar-refractivity contribution is 6.43. The molecule has 2 aromatic rings. The van der Waals surface area contributed by atoms with Gasteiger partial charge in [-0.05, 0) is 43.3 Å². The van der Waals surface area contributed by atoms with Crippen LogP contribution in [0.2, 0.25) is 10.0 Å². The number of anilines is 2. The smallest absolute Gasteiger partial charge is 0.338 e. The highest BCUT2D eigenvalue weighted by Crippen LogP contribution is 2.29. The number of hydrogen-bond donors (Lipinski definition) is 2. The molecule has 25 heavy (non-hydrogen) atoms. The Kier molecular flexibility index (Phi) is 7.10. The number of amides is 1. The quantitative estimate of drug-likeness (QED) is 0.688. The predicted molar refractivity (Wildman–Crippen MR) is 101 cm³/mol. The van der Waals surface area contributed by atoms with Crippen molar-refractivity contribution >= 4 is 46.5 Å². The van der Waals surface area contributed by atoms with Crippen LogP contribution in [0.1, 0.15) is 23.7 Å². The third-order valence-corrected chi connectivity index (χ3v) is 4.12. The van der Waals surface area contributed by atoms with Crippen molar-refractivity contribution in [1.29, 1.82) is 0 Å². The van der Waals surface area contributed by atoms with Gasteiger partial charge in [0, 0.05) is 18.7 Å². The third kappa shape index (κ3) is 5.66. The van der Waals surface area contributed by atoms with Crippen LogP contribution in [-0.4, -0.2) is 25.0 Å². The van der Waals surface area contributed by atoms with Crippen LogP contribution < -0.4 is 10.6 Å². The molecule has 0 saturated heterocycles. The second kappa shape index (κ2) is 9.30. The summed E-state index contributed by atoms with van der Waals surface area (Å²) in [5, 5.41) is 6.72. The minimum absolute atomic E-state index is 0.158. The van der Waals surface area contributed by atoms with Crippen molar-refractivity contribution < 1.29 is 14.3 Å². The fourth-order valence-corrected chi connectivity index (χ4v) is 2.45. The average molecular weight is 381 g/mol. The summed E-state index contributed by atoms with van der Waals surface area (Å²) < 4.78 is 4.91. The zero-order chi connectivity index (χ0) is 18.2. The molecule has 0 aliphatic heterocycles. The average Bonchev–Trinajstić information content (AvgIpc) is 2.59. The summed E-state index contributed by atoms with van der Waals surface area (Å²) in [5.74, 6) is -0.544. The van der Waals surface area contributed by atoms with E-state index in [0.29, 0.717) is 40.1 Å². The lowest BCUT2D eigenvalue weighted by atomic mass is 10.2. The molecule has 0 fully saturated rings. The maximum Gasteiger partial charge on any atom is 0.338 e. The molecule has 0 radical (unpaired) electrons. The van der Waals surface area contributed by atoms with Gasteiger partial charge >= 0.3 is 5.97 Å². The van der Waals surface area contributed by atoms with E-state index in [9.17, 15) is 9.59 Å². The SMILES string of the molecule is CCOC(=O)c1ccc(NC(=O)CCNc2cccc(Cl)c2Cl)cc1. The van der Waals surface area contributed by atoms with Gasteiger partial charge in [-0.25, -0.2) is 4.79 Å². The Hall–Kier alpha value is -2.24. The van der Waals surface area contributed by atoms with Crippen LogP contribution in [0.3, 0.4) is 0 Å². The number of ether oxygens (including phenoxy) is 1. The molecular weight excluding hydrogens is 363 g/mol. The molecule has 0 spiro atoms. The van der Waals surface area contributed by atoms with Gasteiger partial charge < -0.3 is 15.4 Å². The van der Waals surface area contributed by atoms with Crippen molar-refractivity contribution in [3.05, 3.63) is 58.1 Å². The van der Waals surface area contributed by atoms with Crippen molar-refractivity contribution in [3.63, 3.8) is 0 Å². The lowest BCUT2D eigenvalue weighted by Gasteiger charge is -2.10. The Morgan fingerprint density at radius 3 is 2.48 bits per heavy atom. The molecule has 0 saturated carbocycles. The molecule has 7 heteroatoms. The molecule has 132 valence electrons. The van der Waals surface area contributed by atoms with Crippen LogP contribution in [-0.2, 0) is 9.53 Å². The Balaban J connectivity index is 1.82. The van der Waals surface area contributed by atoms with Crippen molar-refractivity contribution in [2.75, 3.05) is 23.8 Å². The van der Waals surface area contributed by atoms with Gasteiger partial charge in [0.15, 0.2) is 0 Å². The number of halogens is 2. The number of rotatable bonds is 7. The lowest BCUT2D eigenvalue weighted by molar-refractivity contribution is -0.115. The summed E-state index contributed by atoms with van der Waals surface area (Å²) in [5.41, 5.74) is 1.73. The van der Waals surface area contributed by atoms with Gasteiger partial charge in [-0.1, -0.05) is 29.3 Å². The first-order chi connectivity index (χ1) is 12.0. The molecule has 0 aliphatic carbocycles. The summed E-state index contributed by atoms with van der Waals surface area (Å²) >= 11 is 12.0. The van der Waals surface area contributed by atoms with Crippen LogP contribution in [0.25, 0.3) is 0 Å². The second-order valence-corrected chi connectivity index (χ2v) is 5.91. The summed E-state index contributed by atoms with van der Waals surface area (Å²) in [7, 11) is 0. The van der Waals surface area contributed by atoms with E-state index in [1.807, 2.05) is 0 Å². The predicted octanol–water partition coefficient (Wildman–Crippen LogP) is 4.61. The zero-order valence-electron chi connectivity index (χ0n) is 13.6. The topological polar surface area (TPSA) is 67.4 Å². The molecule has 2 aromatic carbocycles. The number of hydrogen-bond acceptors (Lipinski definition) is 4. The van der Waals surface area contributed by atoms with E-state index in [1.165, 1.54) is 0 Å². The fraction of sp³-hybridized carbons (Fsp3) is 0.222. The van der Waals surface area contributed by atoms with Gasteiger partial charge in [0.2, 0.25) is 5.91 Å². The van der Waals surface area contributed by atoms with E-state index in [0.717, 1.165) is 0 Å². The van der Waals surface area contributed by atoms with Gasteiger partial charge in [-0.3, -0.25) is 4.79 Å². The first-order valence-corrected chi connectivity index (χ1v) is 8.51. The van der Waals surface area contributed by atoms with Crippen LogP contribution >= 0.6 is 23.2 Å². The van der Waals surface area contributed by atoms with Gasteiger partial charge in [-0.15, -0.1) is 0 Å². The molecule has 1 amide bonds. The van der Waals surface area contributed by atoms with Crippen LogP contribution in [0, 0.1) is 0 Å². The van der Waals surface area contributed by atoms with E-state index in [2.05, 4.69) is 10.6 Å². The molecule has 2 rings (SSSR count). The summed E-state index contributed by atoms with van der Waals surface area (Å²) in [6.45, 7) is 2.48. The van der Waals surface area contributed by atoms with Crippen molar-refractivity contribution in [2.45, 2.75) is 13.3 Å². The number of nitrogens with one attached hydrogen (secondary N) is 2. The normalized spacial score (nSPS) is 10.2. The zero-order valence-corrected chi connectivity index (χ0v) is 15.2. The largest absolute Gasteiger partial charge is 0.462 e. The highest BCUT2D eigenvalue weighted by atomic mass is 35.5. The van der Waals surface area contributed by atoms with Gasteiger partial charge in [0.1, 0.15) is 0 Å². The van der Waals surface area contributed by atoms with E-state index < -0.39 is 0 Å². The maximum atomic E-state index is 12.0. The molecule has 0 aliphatic rings. The standard InChI is InChI=1S/C18H18Cl2N2O3/c1-2-25-18(24)12-6-8-13(9-7-12)22-16(23)10-11-21-15-5-3-4-14(19)17(15)20/h3-9,21H,2,10-11H2,1H3,(H,22,23). The lowest BCUT2D eigenvalue weighted by Crippen LogP contribution is -2.16. The van der Waals surface area contributed by atoms with E-state index in [-0.39, 0.29) is 18.3 Å². The molecule has 0 atom stereocenters. The highest BCUT2D eigenvalue weighted by Gasteiger charge is 2.08. The second-order valence-electron chi connectivity index (χ2n) is 5.12. The number of esters is 1. The summed E-state index contributed by atoms with van der Waals surface area (Å²) in [6.07, 6.45) is 0.252. The first-order valence-electron chi connectivity index (χ1n) is 7.76. The third-order valence-electron chi connectivity index (χ3n) is 3.30. The first kappa shape index (κ1) is 19.1. The van der Waals surface area contributed by atoms with Crippen molar-refractivity contribution in [1.82, 2.24) is 0 Å². The number of carbonyl (C=O) groups excluding carboxylic acids is 2. The van der Waals surface area contributed by atoms with Crippen LogP contribution in [0.15, 0.2) is 42.5 Å². The van der Waals surface area contributed by atoms with Crippen LogP contribution in [0.4, 0.5) is 11.4 Å².